The maximum absolute atomic E-state index is 13.9. The molecule has 0 bridgehead atoms. The van der Waals surface area contributed by atoms with E-state index < -0.39 is 40.1 Å². The summed E-state index contributed by atoms with van der Waals surface area (Å²) in [7, 11) is 0. The molecule has 8 nitrogen and oxygen atoms in total. The number of carbonyl (C=O) groups excluding carboxylic acids is 1. The number of nitrogens with zero attached hydrogens (tertiary/aromatic N) is 3. The van der Waals surface area contributed by atoms with Crippen LogP contribution in [0.5, 0.6) is 0 Å². The molecule has 1 saturated heterocycles. The number of rotatable bonds is 5. The molecule has 138 valence electrons. The van der Waals surface area contributed by atoms with Crippen LogP contribution in [0.4, 0.5) is 19.6 Å². The number of benzene rings is 1. The number of amides is 1. The van der Waals surface area contributed by atoms with E-state index in [-0.39, 0.29) is 11.0 Å². The number of ether oxygens (including phenoxy) is 1. The molecular formula is C15H14F2N4O4S. The Hall–Kier alpha value is -2.53. The molecule has 1 N–H and O–H groups in total. The van der Waals surface area contributed by atoms with Crippen molar-refractivity contribution < 1.29 is 23.2 Å². The highest BCUT2D eigenvalue weighted by Gasteiger charge is 2.22. The Balaban J connectivity index is 1.66. The lowest BCUT2D eigenvalue weighted by Crippen LogP contribution is -2.16. The van der Waals surface area contributed by atoms with Gasteiger partial charge in [-0.2, -0.15) is 0 Å². The minimum atomic E-state index is -1.15. The second kappa shape index (κ2) is 7.79. The molecule has 0 radical (unpaired) electrons. The van der Waals surface area contributed by atoms with E-state index in [4.69, 9.17) is 4.74 Å². The predicted molar refractivity (Wildman–Crippen MR) is 88.0 cm³/mol. The molecule has 26 heavy (non-hydrogen) atoms. The standard InChI is InChI=1S/C15H14F2N4O4S/c16-11-5-9(21(23)24)6-12(17)10(11)7-13(22)18-15-20-19-14(26-15)8-1-3-25-4-2-8/h5-6,8H,1-4,7H2,(H,18,20,22). The van der Waals surface area contributed by atoms with Gasteiger partial charge in [0.1, 0.15) is 16.6 Å². The predicted octanol–water partition coefficient (Wildman–Crippen LogP) is 2.80. The Labute approximate surface area is 150 Å². The molecule has 2 heterocycles. The fourth-order valence-corrected chi connectivity index (χ4v) is 3.51. The quantitative estimate of drug-likeness (QED) is 0.627. The number of aromatic nitrogens is 2. The zero-order valence-electron chi connectivity index (χ0n) is 13.4. The van der Waals surface area contributed by atoms with E-state index in [1.165, 1.54) is 11.3 Å². The Morgan fingerprint density at radius 1 is 1.31 bits per heavy atom. The van der Waals surface area contributed by atoms with Gasteiger partial charge in [0.15, 0.2) is 0 Å². The van der Waals surface area contributed by atoms with Crippen LogP contribution in [0.3, 0.4) is 0 Å². The Morgan fingerprint density at radius 2 is 1.96 bits per heavy atom. The van der Waals surface area contributed by atoms with Crippen LogP contribution in [0, 0.1) is 21.7 Å². The number of nitro groups is 1. The first-order valence-electron chi connectivity index (χ1n) is 7.77. The number of nitro benzene ring substituents is 1. The van der Waals surface area contributed by atoms with E-state index in [2.05, 4.69) is 15.5 Å². The normalized spacial score (nSPS) is 15.0. The molecule has 0 aliphatic carbocycles. The topological polar surface area (TPSA) is 107 Å². The molecule has 1 aromatic carbocycles. The first-order chi connectivity index (χ1) is 12.4. The van der Waals surface area contributed by atoms with Gasteiger partial charge in [0.25, 0.3) is 5.69 Å². The fraction of sp³-hybridized carbons (Fsp3) is 0.400. The van der Waals surface area contributed by atoms with Crippen molar-refractivity contribution in [2.24, 2.45) is 0 Å². The van der Waals surface area contributed by atoms with Crippen LogP contribution in [-0.4, -0.2) is 34.2 Å². The summed E-state index contributed by atoms with van der Waals surface area (Å²) >= 11 is 1.21. The highest BCUT2D eigenvalue weighted by Crippen LogP contribution is 2.31. The molecule has 0 saturated carbocycles. The molecule has 1 amide bonds. The van der Waals surface area contributed by atoms with Crippen LogP contribution in [0.25, 0.3) is 0 Å². The van der Waals surface area contributed by atoms with Gasteiger partial charge in [0.05, 0.1) is 23.5 Å². The highest BCUT2D eigenvalue weighted by molar-refractivity contribution is 7.15. The van der Waals surface area contributed by atoms with Gasteiger partial charge in [0, 0.05) is 24.7 Å². The van der Waals surface area contributed by atoms with E-state index in [0.29, 0.717) is 25.3 Å². The van der Waals surface area contributed by atoms with Crippen LogP contribution in [0.2, 0.25) is 0 Å². The molecular weight excluding hydrogens is 370 g/mol. The minimum Gasteiger partial charge on any atom is -0.381 e. The SMILES string of the molecule is O=C(Cc1c(F)cc([N+](=O)[O-])cc1F)Nc1nnc(C2CCOCC2)s1. The minimum absolute atomic E-state index is 0.219. The first kappa shape index (κ1) is 18.3. The van der Waals surface area contributed by atoms with Gasteiger partial charge >= 0.3 is 0 Å². The molecule has 11 heteroatoms. The summed E-state index contributed by atoms with van der Waals surface area (Å²) in [4.78, 5) is 21.7. The zero-order chi connectivity index (χ0) is 18.7. The van der Waals surface area contributed by atoms with Crippen molar-refractivity contribution in [2.75, 3.05) is 18.5 Å². The maximum atomic E-state index is 13.9. The number of carbonyl (C=O) groups is 1. The maximum Gasteiger partial charge on any atom is 0.275 e. The van der Waals surface area contributed by atoms with Gasteiger partial charge in [-0.15, -0.1) is 10.2 Å². The summed E-state index contributed by atoms with van der Waals surface area (Å²) in [5.41, 5.74) is -1.25. The second-order valence-corrected chi connectivity index (χ2v) is 6.71. The fourth-order valence-electron chi connectivity index (χ4n) is 2.58. The van der Waals surface area contributed by atoms with Gasteiger partial charge < -0.3 is 10.1 Å². The van der Waals surface area contributed by atoms with E-state index in [0.717, 1.165) is 17.8 Å². The molecule has 0 atom stereocenters. The van der Waals surface area contributed by atoms with Crippen molar-refractivity contribution in [3.63, 3.8) is 0 Å². The number of anilines is 1. The lowest BCUT2D eigenvalue weighted by molar-refractivity contribution is -0.385. The second-order valence-electron chi connectivity index (χ2n) is 5.70. The molecule has 3 rings (SSSR count). The third kappa shape index (κ3) is 4.17. The van der Waals surface area contributed by atoms with Crippen LogP contribution < -0.4 is 5.32 Å². The molecule has 0 spiro atoms. The van der Waals surface area contributed by atoms with Crippen LogP contribution in [-0.2, 0) is 16.0 Å². The van der Waals surface area contributed by atoms with Gasteiger partial charge in [-0.3, -0.25) is 14.9 Å². The number of nitrogens with one attached hydrogen (secondary N) is 1. The third-order valence-corrected chi connectivity index (χ3v) is 4.93. The van der Waals surface area contributed by atoms with E-state index in [1.807, 2.05) is 0 Å². The smallest absolute Gasteiger partial charge is 0.275 e. The summed E-state index contributed by atoms with van der Waals surface area (Å²) < 4.78 is 33.0. The average Bonchev–Trinajstić information content (AvgIpc) is 3.07. The molecule has 1 aliphatic rings. The summed E-state index contributed by atoms with van der Waals surface area (Å²) in [5.74, 6) is -2.76. The van der Waals surface area contributed by atoms with Crippen molar-refractivity contribution in [2.45, 2.75) is 25.2 Å². The number of hydrogen-bond donors (Lipinski definition) is 1. The van der Waals surface area contributed by atoms with Gasteiger partial charge in [-0.05, 0) is 12.8 Å². The zero-order valence-corrected chi connectivity index (χ0v) is 14.2. The summed E-state index contributed by atoms with van der Waals surface area (Å²) in [6.07, 6.45) is 1.03. The van der Waals surface area contributed by atoms with Crippen molar-refractivity contribution >= 4 is 28.1 Å². The average molecular weight is 384 g/mol. The number of halogens is 2. The Kier molecular flexibility index (Phi) is 5.47. The Morgan fingerprint density at radius 3 is 2.58 bits per heavy atom. The van der Waals surface area contributed by atoms with Crippen LogP contribution in [0.15, 0.2) is 12.1 Å². The first-order valence-corrected chi connectivity index (χ1v) is 8.59. The molecule has 0 unspecified atom stereocenters. The van der Waals surface area contributed by atoms with Crippen molar-refractivity contribution in [1.82, 2.24) is 10.2 Å². The monoisotopic (exact) mass is 384 g/mol. The van der Waals surface area contributed by atoms with Crippen molar-refractivity contribution in [3.8, 4) is 0 Å². The van der Waals surface area contributed by atoms with Gasteiger partial charge in [-0.25, -0.2) is 8.78 Å². The largest absolute Gasteiger partial charge is 0.381 e. The lowest BCUT2D eigenvalue weighted by Gasteiger charge is -2.18. The van der Waals surface area contributed by atoms with E-state index in [9.17, 15) is 23.7 Å². The molecule has 1 fully saturated rings. The van der Waals surface area contributed by atoms with Crippen molar-refractivity contribution in [1.29, 1.82) is 0 Å². The summed E-state index contributed by atoms with van der Waals surface area (Å²) in [5, 5.41) is 22.0. The summed E-state index contributed by atoms with van der Waals surface area (Å²) in [6, 6.07) is 1.17. The molecule has 1 aliphatic heterocycles. The Bertz CT molecular complexity index is 816. The van der Waals surface area contributed by atoms with Crippen LogP contribution in [0.1, 0.15) is 29.3 Å². The van der Waals surface area contributed by atoms with Gasteiger partial charge in [-0.1, -0.05) is 11.3 Å². The number of non-ortho nitro benzene ring substituents is 1. The van der Waals surface area contributed by atoms with Crippen LogP contribution >= 0.6 is 11.3 Å². The van der Waals surface area contributed by atoms with Crippen molar-refractivity contribution in [3.05, 3.63) is 44.5 Å². The molecule has 1 aromatic heterocycles. The van der Waals surface area contributed by atoms with Gasteiger partial charge in [0.2, 0.25) is 11.0 Å². The van der Waals surface area contributed by atoms with E-state index >= 15 is 0 Å². The third-order valence-electron chi connectivity index (χ3n) is 3.93. The molecule has 2 aromatic rings. The summed E-state index contributed by atoms with van der Waals surface area (Å²) in [6.45, 7) is 1.29. The highest BCUT2D eigenvalue weighted by atomic mass is 32.1. The van der Waals surface area contributed by atoms with E-state index in [1.54, 1.807) is 0 Å². The number of hydrogen-bond acceptors (Lipinski definition) is 7. The lowest BCUT2D eigenvalue weighted by atomic mass is 10.0.